The maximum Gasteiger partial charge on any atom is 0.251 e. The molecule has 1 aromatic heterocycles. The first kappa shape index (κ1) is 18.7. The van der Waals surface area contributed by atoms with Crippen LogP contribution >= 0.6 is 0 Å². The van der Waals surface area contributed by atoms with Crippen LogP contribution in [0.1, 0.15) is 22.0 Å². The first-order valence-electron chi connectivity index (χ1n) is 8.91. The molecule has 140 valence electrons. The molecule has 1 amide bonds. The second-order valence-corrected chi connectivity index (χ2v) is 6.61. The molecule has 3 aromatic rings. The molecule has 0 bridgehead atoms. The van der Waals surface area contributed by atoms with E-state index < -0.39 is 0 Å². The summed E-state index contributed by atoms with van der Waals surface area (Å²) in [6, 6.07) is 17.4. The maximum absolute atomic E-state index is 12.5. The number of likely N-dealkylation sites (N-methyl/N-ethyl adjacent to an activating group) is 1. The first-order chi connectivity index (χ1) is 13.1. The number of hydrogen-bond donors (Lipinski definition) is 2. The first-order valence-corrected chi connectivity index (χ1v) is 8.91. The van der Waals surface area contributed by atoms with E-state index in [1.54, 1.807) is 18.0 Å². The maximum atomic E-state index is 12.5. The van der Waals surface area contributed by atoms with Crippen LogP contribution in [0.3, 0.4) is 0 Å². The van der Waals surface area contributed by atoms with Crippen LogP contribution in [0, 0.1) is 0 Å². The molecule has 6 heteroatoms. The number of amides is 1. The van der Waals surface area contributed by atoms with Crippen LogP contribution < -0.4 is 15.0 Å². The molecule has 0 fully saturated rings. The molecule has 6 nitrogen and oxygen atoms in total. The summed E-state index contributed by atoms with van der Waals surface area (Å²) in [6.07, 6.45) is 3.60. The molecule has 1 atom stereocenters. The predicted molar refractivity (Wildman–Crippen MR) is 104 cm³/mol. The minimum Gasteiger partial charge on any atom is -0.497 e. The minimum absolute atomic E-state index is 0.0817. The zero-order chi connectivity index (χ0) is 19.2. The Morgan fingerprint density at radius 2 is 1.85 bits per heavy atom. The monoisotopic (exact) mass is 365 g/mol. The lowest BCUT2D eigenvalue weighted by Gasteiger charge is -2.22. The van der Waals surface area contributed by atoms with E-state index in [0.717, 1.165) is 17.0 Å². The zero-order valence-electron chi connectivity index (χ0n) is 15.8. The Balaban J connectivity index is 1.65. The minimum atomic E-state index is -0.0817. The molecule has 0 unspecified atom stereocenters. The highest BCUT2D eigenvalue weighted by atomic mass is 16.5. The van der Waals surface area contributed by atoms with Gasteiger partial charge in [-0.15, -0.1) is 0 Å². The molecule has 0 saturated carbocycles. The van der Waals surface area contributed by atoms with Gasteiger partial charge in [0.15, 0.2) is 0 Å². The van der Waals surface area contributed by atoms with Crippen LogP contribution in [0.15, 0.2) is 67.0 Å². The van der Waals surface area contributed by atoms with Crippen molar-refractivity contribution in [3.63, 3.8) is 0 Å². The second kappa shape index (κ2) is 8.51. The predicted octanol–water partition coefficient (Wildman–Crippen LogP) is 1.50. The summed E-state index contributed by atoms with van der Waals surface area (Å²) < 4.78 is 6.98. The van der Waals surface area contributed by atoms with E-state index in [0.29, 0.717) is 12.1 Å². The van der Waals surface area contributed by atoms with Gasteiger partial charge in [0.25, 0.3) is 5.91 Å². The Morgan fingerprint density at radius 3 is 2.41 bits per heavy atom. The number of nitrogens with one attached hydrogen (secondary N) is 2. The Labute approximate surface area is 159 Å². The van der Waals surface area contributed by atoms with Crippen LogP contribution in [-0.4, -0.2) is 43.4 Å². The summed E-state index contributed by atoms with van der Waals surface area (Å²) in [4.78, 5) is 13.8. The molecule has 0 spiro atoms. The van der Waals surface area contributed by atoms with Crippen molar-refractivity contribution in [3.8, 4) is 11.4 Å². The van der Waals surface area contributed by atoms with Crippen molar-refractivity contribution < 1.29 is 14.4 Å². The molecular weight excluding hydrogens is 340 g/mol. The quantitative estimate of drug-likeness (QED) is 0.667. The number of methoxy groups -OCH3 is 1. The fraction of sp³-hybridized carbons (Fsp3) is 0.238. The molecule has 3 rings (SSSR count). The molecule has 0 aliphatic rings. The number of hydrogen-bond acceptors (Lipinski definition) is 3. The van der Waals surface area contributed by atoms with Crippen LogP contribution in [-0.2, 0) is 0 Å². The van der Waals surface area contributed by atoms with Crippen LogP contribution in [0.4, 0.5) is 0 Å². The lowest BCUT2D eigenvalue weighted by molar-refractivity contribution is -0.890. The van der Waals surface area contributed by atoms with Crippen molar-refractivity contribution in [2.24, 2.45) is 0 Å². The summed E-state index contributed by atoms with van der Waals surface area (Å²) in [5.41, 5.74) is 2.71. The molecule has 27 heavy (non-hydrogen) atoms. The van der Waals surface area contributed by atoms with Crippen molar-refractivity contribution in [2.75, 3.05) is 27.7 Å². The lowest BCUT2D eigenvalue weighted by atomic mass is 10.1. The third-order valence-corrected chi connectivity index (χ3v) is 4.58. The molecule has 2 aromatic carbocycles. The SMILES string of the molecule is COc1ccc([C@@H](CNC(=O)c2ccc(-n3cccn3)cc2)[NH+](C)C)cc1. The van der Waals surface area contributed by atoms with Gasteiger partial charge < -0.3 is 15.0 Å². The Hall–Kier alpha value is -3.12. The van der Waals surface area contributed by atoms with Crippen molar-refractivity contribution in [1.82, 2.24) is 15.1 Å². The van der Waals surface area contributed by atoms with Gasteiger partial charge in [0, 0.05) is 23.5 Å². The second-order valence-electron chi connectivity index (χ2n) is 6.61. The number of aromatic nitrogens is 2. The number of benzene rings is 2. The lowest BCUT2D eigenvalue weighted by Crippen LogP contribution is -3.07. The highest BCUT2D eigenvalue weighted by molar-refractivity contribution is 5.94. The van der Waals surface area contributed by atoms with Crippen LogP contribution in [0.5, 0.6) is 5.75 Å². The van der Waals surface area contributed by atoms with E-state index in [1.807, 2.05) is 60.8 Å². The summed E-state index contributed by atoms with van der Waals surface area (Å²) in [5, 5.41) is 7.24. The number of carbonyl (C=O) groups excluding carboxylic acids is 1. The fourth-order valence-electron chi connectivity index (χ4n) is 2.98. The van der Waals surface area contributed by atoms with Crippen molar-refractivity contribution >= 4 is 5.91 Å². The summed E-state index contributed by atoms with van der Waals surface area (Å²) in [5.74, 6) is 0.745. The number of carbonyl (C=O) groups is 1. The largest absolute Gasteiger partial charge is 0.497 e. The fourth-order valence-corrected chi connectivity index (χ4v) is 2.98. The standard InChI is InChI=1S/C21H24N4O2/c1-24(2)20(16-7-11-19(27-3)12-8-16)15-22-21(26)17-5-9-18(10-6-17)25-14-4-13-23-25/h4-14,20H,15H2,1-3H3,(H,22,26)/p+1/t20-/m1/s1. The molecule has 0 radical (unpaired) electrons. The summed E-state index contributed by atoms with van der Waals surface area (Å²) >= 11 is 0. The summed E-state index contributed by atoms with van der Waals surface area (Å²) in [7, 11) is 5.82. The van der Waals surface area contributed by atoms with Gasteiger partial charge in [0.05, 0.1) is 33.4 Å². The van der Waals surface area contributed by atoms with Gasteiger partial charge in [-0.1, -0.05) is 0 Å². The van der Waals surface area contributed by atoms with Gasteiger partial charge in [-0.2, -0.15) is 5.10 Å². The third-order valence-electron chi connectivity index (χ3n) is 4.58. The van der Waals surface area contributed by atoms with E-state index in [4.69, 9.17) is 4.74 Å². The van der Waals surface area contributed by atoms with Crippen LogP contribution in [0.25, 0.3) is 5.69 Å². The van der Waals surface area contributed by atoms with E-state index >= 15 is 0 Å². The zero-order valence-corrected chi connectivity index (χ0v) is 15.8. The van der Waals surface area contributed by atoms with E-state index in [1.165, 1.54) is 4.90 Å². The van der Waals surface area contributed by atoms with Gasteiger partial charge in [-0.3, -0.25) is 4.79 Å². The van der Waals surface area contributed by atoms with Crippen molar-refractivity contribution in [3.05, 3.63) is 78.1 Å². The van der Waals surface area contributed by atoms with E-state index in [2.05, 4.69) is 24.5 Å². The topological polar surface area (TPSA) is 60.6 Å². The molecule has 0 aliphatic heterocycles. The summed E-state index contributed by atoms with van der Waals surface area (Å²) in [6.45, 7) is 0.550. The highest BCUT2D eigenvalue weighted by Crippen LogP contribution is 2.16. The number of rotatable bonds is 7. The Morgan fingerprint density at radius 1 is 1.15 bits per heavy atom. The van der Waals surface area contributed by atoms with Crippen molar-refractivity contribution in [1.29, 1.82) is 0 Å². The Kier molecular flexibility index (Phi) is 5.88. The van der Waals surface area contributed by atoms with Gasteiger partial charge in [-0.05, 0) is 54.6 Å². The van der Waals surface area contributed by atoms with Gasteiger partial charge in [-0.25, -0.2) is 4.68 Å². The average Bonchev–Trinajstić information content (AvgIpc) is 3.23. The van der Waals surface area contributed by atoms with Crippen LogP contribution in [0.2, 0.25) is 0 Å². The molecule has 0 aliphatic carbocycles. The number of quaternary nitrogens is 1. The normalized spacial score (nSPS) is 12.0. The van der Waals surface area contributed by atoms with E-state index in [9.17, 15) is 4.79 Å². The number of nitrogens with zero attached hydrogens (tertiary/aromatic N) is 2. The van der Waals surface area contributed by atoms with Gasteiger partial charge in [0.1, 0.15) is 11.8 Å². The van der Waals surface area contributed by atoms with Gasteiger partial charge in [0.2, 0.25) is 0 Å². The molecule has 2 N–H and O–H groups in total. The number of ether oxygens (including phenoxy) is 1. The smallest absolute Gasteiger partial charge is 0.251 e. The average molecular weight is 365 g/mol. The highest BCUT2D eigenvalue weighted by Gasteiger charge is 2.19. The molecular formula is C21H25N4O2+. The Bertz CT molecular complexity index is 856. The van der Waals surface area contributed by atoms with Crippen molar-refractivity contribution in [2.45, 2.75) is 6.04 Å². The van der Waals surface area contributed by atoms with E-state index in [-0.39, 0.29) is 11.9 Å². The van der Waals surface area contributed by atoms with Gasteiger partial charge >= 0.3 is 0 Å². The molecule has 0 saturated heterocycles. The third kappa shape index (κ3) is 4.54. The molecule has 1 heterocycles.